The minimum absolute atomic E-state index is 0.461. The van der Waals surface area contributed by atoms with E-state index >= 15 is 0 Å². The van der Waals surface area contributed by atoms with Crippen LogP contribution in [-0.2, 0) is 19.3 Å². The third kappa shape index (κ3) is 2.76. The standard InChI is InChI=1S/C19H21Cl/c1-13-6-9-18(19(20)10-13)14(2)11-15-7-8-16-4-3-5-17(16)12-15/h6-10,12,14H,3-5,11H2,1-2H3. The predicted octanol–water partition coefficient (Wildman–Crippen LogP) is 5.48. The van der Waals surface area contributed by atoms with Crippen molar-refractivity contribution < 1.29 is 0 Å². The Morgan fingerprint density at radius 2 is 1.85 bits per heavy atom. The summed E-state index contributed by atoms with van der Waals surface area (Å²) in [5.74, 6) is 0.461. The molecule has 0 radical (unpaired) electrons. The van der Waals surface area contributed by atoms with E-state index in [1.165, 1.54) is 36.0 Å². The summed E-state index contributed by atoms with van der Waals surface area (Å²) in [4.78, 5) is 0. The second-order valence-electron chi connectivity index (χ2n) is 6.09. The molecule has 1 atom stereocenters. The van der Waals surface area contributed by atoms with Gasteiger partial charge in [-0.1, -0.05) is 48.9 Å². The van der Waals surface area contributed by atoms with Crippen LogP contribution < -0.4 is 0 Å². The molecule has 0 aromatic heterocycles. The second kappa shape index (κ2) is 5.61. The summed E-state index contributed by atoms with van der Waals surface area (Å²) in [6.45, 7) is 4.35. The van der Waals surface area contributed by atoms with E-state index in [9.17, 15) is 0 Å². The van der Waals surface area contributed by atoms with Crippen LogP contribution in [0.5, 0.6) is 0 Å². The van der Waals surface area contributed by atoms with E-state index in [2.05, 4.69) is 50.2 Å². The largest absolute Gasteiger partial charge is 0.0840 e. The van der Waals surface area contributed by atoms with E-state index in [0.29, 0.717) is 5.92 Å². The van der Waals surface area contributed by atoms with Crippen molar-refractivity contribution in [3.8, 4) is 0 Å². The van der Waals surface area contributed by atoms with Crippen LogP contribution in [-0.4, -0.2) is 0 Å². The average Bonchev–Trinajstić information content (AvgIpc) is 2.85. The smallest absolute Gasteiger partial charge is 0.0443 e. The van der Waals surface area contributed by atoms with Gasteiger partial charge in [0.25, 0.3) is 0 Å². The molecule has 0 spiro atoms. The Labute approximate surface area is 126 Å². The van der Waals surface area contributed by atoms with Gasteiger partial charge in [-0.3, -0.25) is 0 Å². The molecule has 0 bridgehead atoms. The SMILES string of the molecule is Cc1ccc(C(C)Cc2ccc3c(c2)CCC3)c(Cl)c1. The van der Waals surface area contributed by atoms with Gasteiger partial charge in [-0.05, 0) is 72.4 Å². The van der Waals surface area contributed by atoms with Crippen LogP contribution in [0.2, 0.25) is 5.02 Å². The third-order valence-electron chi connectivity index (χ3n) is 4.39. The number of rotatable bonds is 3. The Kier molecular flexibility index (Phi) is 3.85. The van der Waals surface area contributed by atoms with Gasteiger partial charge in [-0.2, -0.15) is 0 Å². The van der Waals surface area contributed by atoms with Crippen LogP contribution >= 0.6 is 11.6 Å². The fraction of sp³-hybridized carbons (Fsp3) is 0.368. The van der Waals surface area contributed by atoms with E-state index in [-0.39, 0.29) is 0 Å². The molecule has 0 heterocycles. The molecule has 0 amide bonds. The summed E-state index contributed by atoms with van der Waals surface area (Å²) in [6, 6.07) is 13.4. The van der Waals surface area contributed by atoms with E-state index < -0.39 is 0 Å². The quantitative estimate of drug-likeness (QED) is 0.700. The Morgan fingerprint density at radius 1 is 1.05 bits per heavy atom. The molecule has 0 aliphatic heterocycles. The van der Waals surface area contributed by atoms with E-state index in [0.717, 1.165) is 11.4 Å². The molecule has 20 heavy (non-hydrogen) atoms. The lowest BCUT2D eigenvalue weighted by Gasteiger charge is -2.15. The molecular weight excluding hydrogens is 264 g/mol. The molecule has 3 rings (SSSR count). The topological polar surface area (TPSA) is 0 Å². The summed E-state index contributed by atoms with van der Waals surface area (Å²) in [5.41, 5.74) is 7.04. The van der Waals surface area contributed by atoms with Gasteiger partial charge in [0.05, 0.1) is 0 Å². The lowest BCUT2D eigenvalue weighted by molar-refractivity contribution is 0.758. The number of hydrogen-bond donors (Lipinski definition) is 0. The van der Waals surface area contributed by atoms with Crippen molar-refractivity contribution in [2.75, 3.05) is 0 Å². The van der Waals surface area contributed by atoms with Crippen molar-refractivity contribution >= 4 is 11.6 Å². The highest BCUT2D eigenvalue weighted by Crippen LogP contribution is 2.30. The molecule has 0 fully saturated rings. The molecule has 0 N–H and O–H groups in total. The third-order valence-corrected chi connectivity index (χ3v) is 4.72. The van der Waals surface area contributed by atoms with Crippen LogP contribution in [0, 0.1) is 6.92 Å². The van der Waals surface area contributed by atoms with Crippen molar-refractivity contribution in [3.63, 3.8) is 0 Å². The lowest BCUT2D eigenvalue weighted by Crippen LogP contribution is -2.00. The minimum atomic E-state index is 0.461. The van der Waals surface area contributed by atoms with Crippen molar-refractivity contribution in [1.82, 2.24) is 0 Å². The van der Waals surface area contributed by atoms with Crippen molar-refractivity contribution in [2.45, 2.75) is 45.4 Å². The Hall–Kier alpha value is -1.27. The highest BCUT2D eigenvalue weighted by molar-refractivity contribution is 6.31. The van der Waals surface area contributed by atoms with E-state index in [1.54, 1.807) is 11.1 Å². The number of halogens is 1. The zero-order valence-corrected chi connectivity index (χ0v) is 13.0. The molecular formula is C19H21Cl. The maximum atomic E-state index is 6.38. The second-order valence-corrected chi connectivity index (χ2v) is 6.49. The molecule has 1 unspecified atom stereocenters. The molecule has 0 nitrogen and oxygen atoms in total. The van der Waals surface area contributed by atoms with Crippen LogP contribution in [0.25, 0.3) is 0 Å². The summed E-state index contributed by atoms with van der Waals surface area (Å²) in [5, 5.41) is 0.902. The van der Waals surface area contributed by atoms with Crippen LogP contribution in [0.15, 0.2) is 36.4 Å². The summed E-state index contributed by atoms with van der Waals surface area (Å²) in [6.07, 6.45) is 4.89. The molecule has 1 aliphatic carbocycles. The predicted molar refractivity (Wildman–Crippen MR) is 86.8 cm³/mol. The Morgan fingerprint density at radius 3 is 2.65 bits per heavy atom. The lowest BCUT2D eigenvalue weighted by atomic mass is 9.92. The molecule has 0 saturated carbocycles. The first kappa shape index (κ1) is 13.7. The normalized spacial score (nSPS) is 15.2. The maximum absolute atomic E-state index is 6.38. The van der Waals surface area contributed by atoms with Gasteiger partial charge < -0.3 is 0 Å². The van der Waals surface area contributed by atoms with Gasteiger partial charge in [-0.25, -0.2) is 0 Å². The number of benzene rings is 2. The number of hydrogen-bond acceptors (Lipinski definition) is 0. The Balaban J connectivity index is 1.80. The molecule has 1 heteroatoms. The number of aryl methyl sites for hydroxylation is 3. The number of fused-ring (bicyclic) bond motifs is 1. The molecule has 104 valence electrons. The van der Waals surface area contributed by atoms with Gasteiger partial charge in [0.15, 0.2) is 0 Å². The average molecular weight is 285 g/mol. The van der Waals surface area contributed by atoms with Gasteiger partial charge in [-0.15, -0.1) is 0 Å². The molecule has 2 aromatic rings. The van der Waals surface area contributed by atoms with Crippen molar-refractivity contribution in [3.05, 3.63) is 69.2 Å². The monoisotopic (exact) mass is 284 g/mol. The molecule has 2 aromatic carbocycles. The van der Waals surface area contributed by atoms with E-state index in [4.69, 9.17) is 11.6 Å². The summed E-state index contributed by atoms with van der Waals surface area (Å²) in [7, 11) is 0. The van der Waals surface area contributed by atoms with Crippen LogP contribution in [0.3, 0.4) is 0 Å². The fourth-order valence-corrected chi connectivity index (χ4v) is 3.67. The minimum Gasteiger partial charge on any atom is -0.0840 e. The van der Waals surface area contributed by atoms with Crippen LogP contribution in [0.1, 0.15) is 47.1 Å². The van der Waals surface area contributed by atoms with Crippen molar-refractivity contribution in [1.29, 1.82) is 0 Å². The first-order valence-electron chi connectivity index (χ1n) is 7.50. The van der Waals surface area contributed by atoms with E-state index in [1.807, 2.05) is 0 Å². The maximum Gasteiger partial charge on any atom is 0.0443 e. The molecule has 0 saturated heterocycles. The van der Waals surface area contributed by atoms with Gasteiger partial charge >= 0.3 is 0 Å². The van der Waals surface area contributed by atoms with Gasteiger partial charge in [0.1, 0.15) is 0 Å². The fourth-order valence-electron chi connectivity index (χ4n) is 3.25. The highest BCUT2D eigenvalue weighted by Gasteiger charge is 2.14. The van der Waals surface area contributed by atoms with Gasteiger partial charge in [0.2, 0.25) is 0 Å². The molecule has 1 aliphatic rings. The summed E-state index contributed by atoms with van der Waals surface area (Å²) >= 11 is 6.38. The van der Waals surface area contributed by atoms with Gasteiger partial charge in [0, 0.05) is 5.02 Å². The first-order valence-corrected chi connectivity index (χ1v) is 7.88. The highest BCUT2D eigenvalue weighted by atomic mass is 35.5. The van der Waals surface area contributed by atoms with Crippen LogP contribution in [0.4, 0.5) is 0 Å². The van der Waals surface area contributed by atoms with Crippen molar-refractivity contribution in [2.24, 2.45) is 0 Å². The summed E-state index contributed by atoms with van der Waals surface area (Å²) < 4.78 is 0. The zero-order valence-electron chi connectivity index (χ0n) is 12.2. The Bertz CT molecular complexity index is 628. The first-order chi connectivity index (χ1) is 9.63. The zero-order chi connectivity index (χ0) is 14.1.